The van der Waals surface area contributed by atoms with Crippen molar-refractivity contribution < 1.29 is 4.42 Å². The van der Waals surface area contributed by atoms with Crippen molar-refractivity contribution in [2.24, 2.45) is 0 Å². The molecule has 1 aromatic heterocycles. The fourth-order valence-electron chi connectivity index (χ4n) is 10.0. The summed E-state index contributed by atoms with van der Waals surface area (Å²) in [5.41, 5.74) is 17.9. The van der Waals surface area contributed by atoms with E-state index in [0.717, 1.165) is 21.9 Å². The maximum absolute atomic E-state index is 6.42. The van der Waals surface area contributed by atoms with E-state index in [2.05, 4.69) is 167 Å². The van der Waals surface area contributed by atoms with Crippen LogP contribution in [-0.4, -0.2) is 0 Å². The number of hydrogen-bond acceptors (Lipinski definition) is 1. The Balaban J connectivity index is 1.29. The first-order valence-electron chi connectivity index (χ1n) is 18.1. The molecule has 1 nitrogen and oxygen atoms in total. The van der Waals surface area contributed by atoms with Gasteiger partial charge in [0.15, 0.2) is 0 Å². The van der Waals surface area contributed by atoms with Gasteiger partial charge in [-0.05, 0) is 113 Å². The minimum atomic E-state index is -0.154. The van der Waals surface area contributed by atoms with Gasteiger partial charge in [0.1, 0.15) is 11.2 Å². The third-order valence-electron chi connectivity index (χ3n) is 12.2. The van der Waals surface area contributed by atoms with Crippen LogP contribution in [0.4, 0.5) is 0 Å². The Kier molecular flexibility index (Phi) is 5.58. The van der Waals surface area contributed by atoms with Gasteiger partial charge in [-0.2, -0.15) is 0 Å². The standard InChI is InChI=1S/C50H36O/c1-49(2)40-22-12-9-15-30(40)38-28-39(46-37-21-10-13-23-41(37)50(3,4)48(46)47(38)49)45-35-19-7-5-17-33(35)44(34-18-6-8-20-36(34)45)29-25-26-32-31-16-11-14-24-42(31)51-43(32)27-29/h5-28H,1-4H3. The number of furan rings is 1. The predicted octanol–water partition coefficient (Wildman–Crippen LogP) is 13.8. The van der Waals surface area contributed by atoms with Crippen LogP contribution in [0, 0.1) is 0 Å². The Morgan fingerprint density at radius 1 is 0.353 bits per heavy atom. The minimum absolute atomic E-state index is 0.114. The summed E-state index contributed by atoms with van der Waals surface area (Å²) in [6, 6.07) is 54.0. The lowest BCUT2D eigenvalue weighted by Crippen LogP contribution is -2.24. The summed E-state index contributed by atoms with van der Waals surface area (Å²) >= 11 is 0. The molecule has 1 heterocycles. The van der Waals surface area contributed by atoms with Gasteiger partial charge in [-0.15, -0.1) is 0 Å². The number of rotatable bonds is 2. The van der Waals surface area contributed by atoms with E-state index in [4.69, 9.17) is 4.42 Å². The van der Waals surface area contributed by atoms with Gasteiger partial charge in [-0.1, -0.05) is 149 Å². The minimum Gasteiger partial charge on any atom is -0.456 e. The van der Waals surface area contributed by atoms with Gasteiger partial charge < -0.3 is 4.42 Å². The quantitative estimate of drug-likeness (QED) is 0.169. The molecule has 1 heteroatoms. The average Bonchev–Trinajstić information content (AvgIpc) is 3.73. The number of benzene rings is 8. The maximum atomic E-state index is 6.42. The van der Waals surface area contributed by atoms with E-state index in [1.165, 1.54) is 88.3 Å². The molecule has 0 radical (unpaired) electrons. The highest BCUT2D eigenvalue weighted by atomic mass is 16.3. The Hall–Kier alpha value is -5.92. The molecule has 0 spiro atoms. The highest BCUT2D eigenvalue weighted by Gasteiger charge is 2.47. The predicted molar refractivity (Wildman–Crippen MR) is 215 cm³/mol. The van der Waals surface area contributed by atoms with Crippen LogP contribution in [-0.2, 0) is 10.8 Å². The van der Waals surface area contributed by atoms with Gasteiger partial charge in [0.05, 0.1) is 0 Å². The number of para-hydroxylation sites is 1. The van der Waals surface area contributed by atoms with E-state index in [9.17, 15) is 0 Å². The van der Waals surface area contributed by atoms with E-state index in [-0.39, 0.29) is 10.8 Å². The van der Waals surface area contributed by atoms with Gasteiger partial charge in [-0.3, -0.25) is 0 Å². The molecule has 11 rings (SSSR count). The normalized spacial score (nSPS) is 15.0. The van der Waals surface area contributed by atoms with Crippen LogP contribution in [0.3, 0.4) is 0 Å². The van der Waals surface area contributed by atoms with Gasteiger partial charge in [0.2, 0.25) is 0 Å². The maximum Gasteiger partial charge on any atom is 0.136 e. The van der Waals surface area contributed by atoms with E-state index in [1.807, 2.05) is 6.07 Å². The van der Waals surface area contributed by atoms with Gasteiger partial charge in [-0.25, -0.2) is 0 Å². The lowest BCUT2D eigenvalue weighted by molar-refractivity contribution is 0.601. The van der Waals surface area contributed by atoms with Crippen LogP contribution in [0.2, 0.25) is 0 Å². The summed E-state index contributed by atoms with van der Waals surface area (Å²) in [6.45, 7) is 9.73. The second-order valence-corrected chi connectivity index (χ2v) is 15.6. The highest BCUT2D eigenvalue weighted by Crippen LogP contribution is 2.62. The molecule has 51 heavy (non-hydrogen) atoms. The summed E-state index contributed by atoms with van der Waals surface area (Å²) in [5.74, 6) is 0. The second-order valence-electron chi connectivity index (χ2n) is 15.6. The van der Waals surface area contributed by atoms with E-state index < -0.39 is 0 Å². The van der Waals surface area contributed by atoms with Crippen LogP contribution in [0.1, 0.15) is 49.9 Å². The summed E-state index contributed by atoms with van der Waals surface area (Å²) < 4.78 is 6.42. The third kappa shape index (κ3) is 3.66. The Morgan fingerprint density at radius 3 is 1.55 bits per heavy atom. The lowest BCUT2D eigenvalue weighted by atomic mass is 9.71. The Labute approximate surface area is 297 Å². The fraction of sp³-hybridized carbons (Fsp3) is 0.120. The average molecular weight is 653 g/mol. The molecule has 0 bridgehead atoms. The molecule has 0 saturated carbocycles. The molecule has 242 valence electrons. The van der Waals surface area contributed by atoms with Gasteiger partial charge in [0.25, 0.3) is 0 Å². The molecule has 0 aliphatic heterocycles. The van der Waals surface area contributed by atoms with E-state index in [0.29, 0.717) is 0 Å². The van der Waals surface area contributed by atoms with Crippen molar-refractivity contribution in [1.82, 2.24) is 0 Å². The number of fused-ring (bicyclic) bond motifs is 12. The number of hydrogen-bond donors (Lipinski definition) is 0. The molecule has 0 saturated heterocycles. The van der Waals surface area contributed by atoms with Crippen LogP contribution in [0.15, 0.2) is 150 Å². The summed E-state index contributed by atoms with van der Waals surface area (Å²) in [6.07, 6.45) is 0. The van der Waals surface area contributed by atoms with Crippen molar-refractivity contribution in [1.29, 1.82) is 0 Å². The molecule has 0 atom stereocenters. The van der Waals surface area contributed by atoms with E-state index in [1.54, 1.807) is 0 Å². The summed E-state index contributed by atoms with van der Waals surface area (Å²) in [5, 5.41) is 7.35. The monoisotopic (exact) mass is 652 g/mol. The summed E-state index contributed by atoms with van der Waals surface area (Å²) in [7, 11) is 0. The van der Waals surface area contributed by atoms with Crippen LogP contribution in [0.25, 0.3) is 88.0 Å². The molecule has 9 aromatic rings. The molecule has 2 aliphatic rings. The van der Waals surface area contributed by atoms with Gasteiger partial charge in [0, 0.05) is 21.6 Å². The first-order chi connectivity index (χ1) is 24.8. The third-order valence-corrected chi connectivity index (χ3v) is 12.2. The van der Waals surface area contributed by atoms with Crippen LogP contribution >= 0.6 is 0 Å². The second kappa shape index (κ2) is 9.86. The Bertz CT molecular complexity index is 2910. The molecular formula is C50H36O. The Morgan fingerprint density at radius 2 is 0.863 bits per heavy atom. The molecule has 0 N–H and O–H groups in total. The zero-order valence-corrected chi connectivity index (χ0v) is 29.3. The van der Waals surface area contributed by atoms with Crippen molar-refractivity contribution in [3.63, 3.8) is 0 Å². The molecule has 0 fully saturated rings. The van der Waals surface area contributed by atoms with Crippen molar-refractivity contribution in [2.45, 2.75) is 38.5 Å². The summed E-state index contributed by atoms with van der Waals surface area (Å²) in [4.78, 5) is 0. The topological polar surface area (TPSA) is 13.1 Å². The van der Waals surface area contributed by atoms with Crippen LogP contribution < -0.4 is 0 Å². The SMILES string of the molecule is CC1(C)c2ccccc2-c2cc(-c3c4ccccc4c(-c4ccc5c(c4)oc4ccccc45)c4ccccc34)c3c(c21)C(C)(C)c1ccccc1-3. The smallest absolute Gasteiger partial charge is 0.136 e. The van der Waals surface area contributed by atoms with Crippen molar-refractivity contribution in [2.75, 3.05) is 0 Å². The molecule has 0 unspecified atom stereocenters. The van der Waals surface area contributed by atoms with Crippen molar-refractivity contribution in [3.8, 4) is 44.5 Å². The van der Waals surface area contributed by atoms with Crippen molar-refractivity contribution >= 4 is 43.5 Å². The van der Waals surface area contributed by atoms with Gasteiger partial charge >= 0.3 is 0 Å². The zero-order chi connectivity index (χ0) is 34.2. The molecular weight excluding hydrogens is 617 g/mol. The fourth-order valence-corrected chi connectivity index (χ4v) is 10.0. The first kappa shape index (κ1) is 28.9. The van der Waals surface area contributed by atoms with Crippen LogP contribution in [0.5, 0.6) is 0 Å². The lowest BCUT2D eigenvalue weighted by Gasteiger charge is -2.31. The van der Waals surface area contributed by atoms with Crippen molar-refractivity contribution in [3.05, 3.63) is 168 Å². The van der Waals surface area contributed by atoms with E-state index >= 15 is 0 Å². The highest BCUT2D eigenvalue weighted by molar-refractivity contribution is 6.23. The zero-order valence-electron chi connectivity index (χ0n) is 29.3. The first-order valence-corrected chi connectivity index (χ1v) is 18.1. The molecule has 8 aromatic carbocycles. The largest absolute Gasteiger partial charge is 0.456 e. The molecule has 0 amide bonds. The molecule has 2 aliphatic carbocycles.